The molecular weight excluding hydrogens is 394 g/mol. The molecule has 3 nitrogen and oxygen atoms in total. The van der Waals surface area contributed by atoms with E-state index in [2.05, 4.69) is 77.2 Å². The van der Waals surface area contributed by atoms with E-state index in [0.29, 0.717) is 13.2 Å². The first-order valence-electron chi connectivity index (χ1n) is 11.0. The number of aliphatic hydroxyl groups excluding tert-OH is 1. The Hall–Kier alpha value is -1.55. The van der Waals surface area contributed by atoms with E-state index < -0.39 is 6.10 Å². The molecule has 30 heavy (non-hydrogen) atoms. The second-order valence-electron chi connectivity index (χ2n) is 9.36. The number of hydrogen-bond donors (Lipinski definition) is 2. The van der Waals surface area contributed by atoms with E-state index in [1.807, 2.05) is 18.2 Å². The van der Waals surface area contributed by atoms with Crippen molar-refractivity contribution in [2.75, 3.05) is 13.2 Å². The first-order chi connectivity index (χ1) is 13.7. The minimum Gasteiger partial charge on any atom is -1.00 e. The number of ether oxygens (including phenoxy) is 1. The van der Waals surface area contributed by atoms with E-state index in [1.54, 1.807) is 0 Å². The summed E-state index contributed by atoms with van der Waals surface area (Å²) >= 11 is 0. The molecule has 0 aliphatic rings. The van der Waals surface area contributed by atoms with E-state index in [-0.39, 0.29) is 23.2 Å². The molecule has 0 saturated heterocycles. The van der Waals surface area contributed by atoms with Crippen molar-refractivity contribution in [1.29, 1.82) is 0 Å². The molecule has 0 aromatic heterocycles. The molecule has 0 aliphatic carbocycles. The van der Waals surface area contributed by atoms with Crippen LogP contribution < -0.4 is 22.5 Å². The molecule has 3 N–H and O–H groups in total. The number of hydrogen-bond acceptors (Lipinski definition) is 2. The van der Waals surface area contributed by atoms with Crippen molar-refractivity contribution in [3.63, 3.8) is 0 Å². The monoisotopic (exact) mass is 433 g/mol. The summed E-state index contributed by atoms with van der Waals surface area (Å²) in [6.45, 7) is 15.4. The second kappa shape index (κ2) is 11.7. The van der Waals surface area contributed by atoms with E-state index in [4.69, 9.17) is 4.74 Å². The highest BCUT2D eigenvalue weighted by Crippen LogP contribution is 2.38. The molecule has 0 amide bonds. The molecule has 0 aliphatic heterocycles. The fraction of sp³-hybridized carbons (Fsp3) is 0.538. The van der Waals surface area contributed by atoms with Crippen LogP contribution in [0.5, 0.6) is 5.75 Å². The molecular formula is C26H40ClNO2. The Labute approximate surface area is 189 Å². The Morgan fingerprint density at radius 1 is 0.933 bits per heavy atom. The third-order valence-electron chi connectivity index (χ3n) is 6.35. The summed E-state index contributed by atoms with van der Waals surface area (Å²) in [5, 5.41) is 12.5. The Kier molecular flexibility index (Phi) is 10.4. The van der Waals surface area contributed by atoms with Crippen LogP contribution in [-0.2, 0) is 17.4 Å². The highest BCUT2D eigenvalue weighted by molar-refractivity contribution is 5.44. The van der Waals surface area contributed by atoms with Crippen molar-refractivity contribution in [3.8, 4) is 5.75 Å². The van der Waals surface area contributed by atoms with Crippen LogP contribution in [0.3, 0.4) is 0 Å². The average molecular weight is 434 g/mol. The van der Waals surface area contributed by atoms with Gasteiger partial charge in [0.2, 0.25) is 0 Å². The second-order valence-corrected chi connectivity index (χ2v) is 9.36. The largest absolute Gasteiger partial charge is 1.00 e. The van der Waals surface area contributed by atoms with E-state index in [9.17, 15) is 5.11 Å². The van der Waals surface area contributed by atoms with Gasteiger partial charge in [-0.2, -0.15) is 0 Å². The first kappa shape index (κ1) is 26.5. The van der Waals surface area contributed by atoms with Gasteiger partial charge in [-0.05, 0) is 35.3 Å². The summed E-state index contributed by atoms with van der Waals surface area (Å²) in [5.74, 6) is 0.898. The molecule has 2 aromatic rings. The maximum Gasteiger partial charge on any atom is 0.137 e. The number of benzene rings is 2. The number of aliphatic hydroxyl groups is 1. The molecule has 0 saturated carbocycles. The lowest BCUT2D eigenvalue weighted by Gasteiger charge is -2.30. The van der Waals surface area contributed by atoms with Crippen LogP contribution in [0.4, 0.5) is 0 Å². The summed E-state index contributed by atoms with van der Waals surface area (Å²) in [6, 6.07) is 16.9. The molecule has 168 valence electrons. The zero-order chi connectivity index (χ0) is 21.5. The molecule has 0 heterocycles. The Bertz CT molecular complexity index is 759. The number of halogens is 1. The van der Waals surface area contributed by atoms with Gasteiger partial charge in [-0.15, -0.1) is 0 Å². The van der Waals surface area contributed by atoms with Crippen molar-refractivity contribution in [3.05, 3.63) is 65.2 Å². The molecule has 0 spiro atoms. The molecule has 4 heteroatoms. The maximum atomic E-state index is 10.4. The standard InChI is InChI=1S/C26H39NO2.ClH/c1-7-25(3,4)21-14-15-24(23(16-21)26(5,6)8-2)29-19-22(28)18-27-17-20-12-10-9-11-13-20;/h9-16,22,27-28H,7-8,17-19H2,1-6H3;1H. The van der Waals surface area contributed by atoms with Crippen molar-refractivity contribution in [2.45, 2.75) is 77.9 Å². The topological polar surface area (TPSA) is 46.1 Å². The van der Waals surface area contributed by atoms with Gasteiger partial charge in [0.25, 0.3) is 0 Å². The molecule has 2 rings (SSSR count). The van der Waals surface area contributed by atoms with Gasteiger partial charge >= 0.3 is 0 Å². The van der Waals surface area contributed by atoms with Gasteiger partial charge in [0.1, 0.15) is 31.5 Å². The molecule has 2 aromatic carbocycles. The predicted molar refractivity (Wildman–Crippen MR) is 122 cm³/mol. The van der Waals surface area contributed by atoms with Crippen LogP contribution in [0, 0.1) is 0 Å². The average Bonchev–Trinajstić information content (AvgIpc) is 2.72. The summed E-state index contributed by atoms with van der Waals surface area (Å²) in [5.41, 5.74) is 4.02. The van der Waals surface area contributed by atoms with Gasteiger partial charge in [-0.3, -0.25) is 0 Å². The fourth-order valence-electron chi connectivity index (χ4n) is 3.31. The predicted octanol–water partition coefficient (Wildman–Crippen LogP) is 1.57. The lowest BCUT2D eigenvalue weighted by molar-refractivity contribution is -0.676. The summed E-state index contributed by atoms with van der Waals surface area (Å²) in [4.78, 5) is 0. The van der Waals surface area contributed by atoms with Crippen molar-refractivity contribution in [1.82, 2.24) is 0 Å². The minimum atomic E-state index is -0.497. The van der Waals surface area contributed by atoms with Crippen LogP contribution in [0.15, 0.2) is 48.5 Å². The van der Waals surface area contributed by atoms with Gasteiger partial charge in [0.15, 0.2) is 0 Å². The van der Waals surface area contributed by atoms with Crippen molar-refractivity contribution >= 4 is 0 Å². The van der Waals surface area contributed by atoms with Crippen LogP contribution in [0.25, 0.3) is 0 Å². The van der Waals surface area contributed by atoms with Gasteiger partial charge in [0.05, 0.1) is 0 Å². The number of nitrogens with two attached hydrogens (primary N) is 1. The minimum absolute atomic E-state index is 0. The SMILES string of the molecule is CCC(C)(C)c1ccc(OCC(O)C[NH2+]Cc2ccccc2)c(C(C)(C)CC)c1.[Cl-]. The number of rotatable bonds is 11. The normalized spacial score (nSPS) is 12.9. The van der Waals surface area contributed by atoms with Gasteiger partial charge in [0, 0.05) is 11.1 Å². The van der Waals surface area contributed by atoms with Gasteiger partial charge in [-0.25, -0.2) is 0 Å². The van der Waals surface area contributed by atoms with Crippen molar-refractivity contribution < 1.29 is 27.6 Å². The van der Waals surface area contributed by atoms with Crippen LogP contribution in [0.1, 0.15) is 71.1 Å². The molecule has 1 atom stereocenters. The maximum absolute atomic E-state index is 10.4. The fourth-order valence-corrected chi connectivity index (χ4v) is 3.31. The van der Waals surface area contributed by atoms with E-state index in [1.165, 1.54) is 16.7 Å². The highest BCUT2D eigenvalue weighted by Gasteiger charge is 2.27. The first-order valence-corrected chi connectivity index (χ1v) is 11.0. The molecule has 0 bridgehead atoms. The molecule has 1 unspecified atom stereocenters. The van der Waals surface area contributed by atoms with Gasteiger partial charge < -0.3 is 27.6 Å². The molecule has 0 radical (unpaired) electrons. The quantitative estimate of drug-likeness (QED) is 0.565. The Morgan fingerprint density at radius 3 is 2.17 bits per heavy atom. The highest BCUT2D eigenvalue weighted by atomic mass is 35.5. The third-order valence-corrected chi connectivity index (χ3v) is 6.35. The van der Waals surface area contributed by atoms with Crippen LogP contribution in [-0.4, -0.2) is 24.4 Å². The molecule has 0 fully saturated rings. The number of quaternary nitrogens is 1. The van der Waals surface area contributed by atoms with E-state index in [0.717, 1.165) is 25.1 Å². The lowest BCUT2D eigenvalue weighted by atomic mass is 9.76. The van der Waals surface area contributed by atoms with Gasteiger partial charge in [-0.1, -0.05) is 84.0 Å². The summed E-state index contributed by atoms with van der Waals surface area (Å²) in [6.07, 6.45) is 1.63. The zero-order valence-corrected chi connectivity index (χ0v) is 20.3. The Morgan fingerprint density at radius 2 is 1.57 bits per heavy atom. The smallest absolute Gasteiger partial charge is 0.137 e. The Balaban J connectivity index is 0.00000450. The van der Waals surface area contributed by atoms with Crippen LogP contribution >= 0.6 is 0 Å². The summed E-state index contributed by atoms with van der Waals surface area (Å²) < 4.78 is 6.12. The van der Waals surface area contributed by atoms with Crippen LogP contribution in [0.2, 0.25) is 0 Å². The third kappa shape index (κ3) is 7.30. The van der Waals surface area contributed by atoms with E-state index >= 15 is 0 Å². The van der Waals surface area contributed by atoms with Crippen molar-refractivity contribution in [2.24, 2.45) is 0 Å². The zero-order valence-electron chi connectivity index (χ0n) is 19.5. The lowest BCUT2D eigenvalue weighted by Crippen LogP contribution is -3.00. The summed E-state index contributed by atoms with van der Waals surface area (Å²) in [7, 11) is 0.